The zero-order valence-corrected chi connectivity index (χ0v) is 17.8. The Morgan fingerprint density at radius 2 is 1.89 bits per heavy atom. The van der Waals surface area contributed by atoms with E-state index in [1.54, 1.807) is 17.7 Å². The van der Waals surface area contributed by atoms with Crippen molar-refractivity contribution in [1.82, 2.24) is 15.0 Å². The first-order valence-electron chi connectivity index (χ1n) is 10.5. The molecule has 0 aliphatic heterocycles. The van der Waals surface area contributed by atoms with Gasteiger partial charge in [0, 0.05) is 24.2 Å². The number of anilines is 1. The molecule has 5 heteroatoms. The maximum absolute atomic E-state index is 5.15. The van der Waals surface area contributed by atoms with Crippen LogP contribution in [0.5, 0.6) is 0 Å². The summed E-state index contributed by atoms with van der Waals surface area (Å²) in [5.41, 5.74) is 5.44. The number of unbranched alkanes of at least 4 members (excludes halogenated alkanes) is 1. The maximum atomic E-state index is 5.15. The molecule has 0 N–H and O–H groups in total. The number of aromatic nitrogens is 3. The Kier molecular flexibility index (Phi) is 5.31. The minimum absolute atomic E-state index is 0.466. The smallest absolute Gasteiger partial charge is 0.150 e. The van der Waals surface area contributed by atoms with Crippen molar-refractivity contribution in [3.8, 4) is 0 Å². The van der Waals surface area contributed by atoms with E-state index in [2.05, 4.69) is 32.6 Å². The van der Waals surface area contributed by atoms with Crippen molar-refractivity contribution in [2.24, 2.45) is 0 Å². The lowest BCUT2D eigenvalue weighted by molar-refractivity contribution is 0.667. The van der Waals surface area contributed by atoms with Crippen molar-refractivity contribution in [3.63, 3.8) is 0 Å². The molecule has 0 fully saturated rings. The van der Waals surface area contributed by atoms with Crippen LogP contribution in [0.2, 0.25) is 0 Å². The van der Waals surface area contributed by atoms with Gasteiger partial charge in [-0.05, 0) is 56.1 Å². The second kappa shape index (κ2) is 7.70. The largest absolute Gasteiger partial charge is 0.356 e. The molecular weight excluding hydrogens is 352 g/mol. The van der Waals surface area contributed by atoms with Crippen molar-refractivity contribution in [1.29, 1.82) is 0 Å². The van der Waals surface area contributed by atoms with Crippen LogP contribution in [0.25, 0.3) is 20.4 Å². The molecule has 3 aromatic rings. The predicted molar refractivity (Wildman–Crippen MR) is 116 cm³/mol. The van der Waals surface area contributed by atoms with Crippen molar-refractivity contribution < 1.29 is 0 Å². The number of rotatable bonds is 6. The molecule has 3 heterocycles. The molecule has 0 saturated carbocycles. The lowest BCUT2D eigenvalue weighted by Crippen LogP contribution is -2.24. The fraction of sp³-hybridized carbons (Fsp3) is 0.591. The average molecular weight is 383 g/mol. The van der Waals surface area contributed by atoms with Crippen LogP contribution in [0.15, 0.2) is 6.33 Å². The Hall–Kier alpha value is -1.75. The second-order valence-electron chi connectivity index (χ2n) is 7.91. The molecule has 3 aromatic heterocycles. The number of aryl methyl sites for hydroxylation is 1. The quantitative estimate of drug-likeness (QED) is 0.535. The van der Waals surface area contributed by atoms with E-state index in [0.29, 0.717) is 5.92 Å². The van der Waals surface area contributed by atoms with E-state index in [-0.39, 0.29) is 0 Å². The van der Waals surface area contributed by atoms with Crippen LogP contribution in [0.1, 0.15) is 76.1 Å². The molecule has 0 spiro atoms. The lowest BCUT2D eigenvalue weighted by atomic mass is 9.86. The molecule has 0 saturated heterocycles. The molecule has 1 aliphatic carbocycles. The third kappa shape index (κ3) is 3.20. The summed E-state index contributed by atoms with van der Waals surface area (Å²) in [5, 5.41) is 1.31. The average Bonchev–Trinajstić information content (AvgIpc) is 3.07. The van der Waals surface area contributed by atoms with Crippen molar-refractivity contribution in [2.75, 3.05) is 18.0 Å². The normalized spacial score (nSPS) is 14.3. The fourth-order valence-corrected chi connectivity index (χ4v) is 5.53. The summed E-state index contributed by atoms with van der Waals surface area (Å²) in [6.07, 6.45) is 9.02. The Labute approximate surface area is 166 Å². The van der Waals surface area contributed by atoms with Gasteiger partial charge < -0.3 is 4.90 Å². The minimum Gasteiger partial charge on any atom is -0.356 e. The van der Waals surface area contributed by atoms with Gasteiger partial charge in [-0.15, -0.1) is 11.3 Å². The van der Waals surface area contributed by atoms with Crippen molar-refractivity contribution in [3.05, 3.63) is 23.1 Å². The molecule has 1 aliphatic rings. The van der Waals surface area contributed by atoms with Crippen LogP contribution in [-0.4, -0.2) is 28.0 Å². The molecular formula is C22H30N4S. The van der Waals surface area contributed by atoms with Gasteiger partial charge in [-0.2, -0.15) is 0 Å². The first-order valence-corrected chi connectivity index (χ1v) is 11.3. The third-order valence-electron chi connectivity index (χ3n) is 5.74. The summed E-state index contributed by atoms with van der Waals surface area (Å²) in [6, 6.07) is 0. The van der Waals surface area contributed by atoms with E-state index in [1.807, 2.05) is 0 Å². The van der Waals surface area contributed by atoms with E-state index in [4.69, 9.17) is 15.0 Å². The van der Waals surface area contributed by atoms with Crippen LogP contribution < -0.4 is 4.90 Å². The van der Waals surface area contributed by atoms with Gasteiger partial charge in [0.2, 0.25) is 0 Å². The topological polar surface area (TPSA) is 41.9 Å². The number of pyridine rings is 1. The van der Waals surface area contributed by atoms with Gasteiger partial charge in [-0.1, -0.05) is 27.2 Å². The van der Waals surface area contributed by atoms with E-state index < -0.39 is 0 Å². The number of fused-ring (bicyclic) bond motifs is 5. The van der Waals surface area contributed by atoms with Gasteiger partial charge in [-0.25, -0.2) is 15.0 Å². The second-order valence-corrected chi connectivity index (χ2v) is 8.91. The summed E-state index contributed by atoms with van der Waals surface area (Å²) in [6.45, 7) is 11.0. The van der Waals surface area contributed by atoms with Crippen LogP contribution in [0.4, 0.5) is 5.82 Å². The zero-order valence-electron chi connectivity index (χ0n) is 17.0. The molecule has 0 unspecified atom stereocenters. The molecule has 4 rings (SSSR count). The highest BCUT2D eigenvalue weighted by Crippen LogP contribution is 2.42. The molecule has 0 amide bonds. The van der Waals surface area contributed by atoms with Crippen LogP contribution in [0, 0.1) is 0 Å². The maximum Gasteiger partial charge on any atom is 0.150 e. The molecule has 0 radical (unpaired) electrons. The lowest BCUT2D eigenvalue weighted by Gasteiger charge is -2.22. The summed E-state index contributed by atoms with van der Waals surface area (Å²) in [4.78, 5) is 18.1. The van der Waals surface area contributed by atoms with Crippen molar-refractivity contribution in [2.45, 2.75) is 72.1 Å². The Balaban J connectivity index is 1.97. The highest BCUT2D eigenvalue weighted by Gasteiger charge is 2.24. The number of hydrogen-bond acceptors (Lipinski definition) is 5. The Morgan fingerprint density at radius 3 is 2.59 bits per heavy atom. The number of hydrogen-bond donors (Lipinski definition) is 0. The highest BCUT2D eigenvalue weighted by molar-refractivity contribution is 7.26. The van der Waals surface area contributed by atoms with Gasteiger partial charge in [0.1, 0.15) is 17.0 Å². The minimum atomic E-state index is 0.466. The molecule has 4 nitrogen and oxygen atoms in total. The Morgan fingerprint density at radius 1 is 1.11 bits per heavy atom. The summed E-state index contributed by atoms with van der Waals surface area (Å²) < 4.78 is 1.21. The fourth-order valence-electron chi connectivity index (χ4n) is 4.34. The molecule has 0 bridgehead atoms. The van der Waals surface area contributed by atoms with Crippen molar-refractivity contribution >= 4 is 37.6 Å². The first kappa shape index (κ1) is 18.6. The van der Waals surface area contributed by atoms with Gasteiger partial charge in [0.15, 0.2) is 0 Å². The zero-order chi connectivity index (χ0) is 19.0. The molecule has 27 heavy (non-hydrogen) atoms. The number of thiophene rings is 1. The van der Waals surface area contributed by atoms with Gasteiger partial charge in [-0.3, -0.25) is 0 Å². The van der Waals surface area contributed by atoms with E-state index in [9.17, 15) is 0 Å². The van der Waals surface area contributed by atoms with Crippen LogP contribution in [-0.2, 0) is 12.8 Å². The third-order valence-corrected chi connectivity index (χ3v) is 6.81. The van der Waals surface area contributed by atoms with Crippen LogP contribution in [0.3, 0.4) is 0 Å². The van der Waals surface area contributed by atoms with E-state index >= 15 is 0 Å². The highest BCUT2D eigenvalue weighted by atomic mass is 32.1. The molecule has 0 aromatic carbocycles. The SMILES string of the molecule is CCCCN(CC)c1ncnc2c1sc1nc(C(C)C)c3c(c12)CCCC3. The predicted octanol–water partition coefficient (Wildman–Crippen LogP) is 5.87. The molecule has 144 valence electrons. The van der Waals surface area contributed by atoms with Crippen LogP contribution >= 0.6 is 11.3 Å². The summed E-state index contributed by atoms with van der Waals surface area (Å²) in [7, 11) is 0. The van der Waals surface area contributed by atoms with Gasteiger partial charge in [0.25, 0.3) is 0 Å². The van der Waals surface area contributed by atoms with Gasteiger partial charge in [0.05, 0.1) is 10.2 Å². The van der Waals surface area contributed by atoms with E-state index in [1.165, 1.54) is 59.0 Å². The monoisotopic (exact) mass is 382 g/mol. The summed E-state index contributed by atoms with van der Waals surface area (Å²) in [5.74, 6) is 1.56. The molecule has 0 atom stereocenters. The number of nitrogens with zero attached hydrogens (tertiary/aromatic N) is 4. The van der Waals surface area contributed by atoms with Gasteiger partial charge >= 0.3 is 0 Å². The first-order chi connectivity index (χ1) is 13.2. The van der Waals surface area contributed by atoms with E-state index in [0.717, 1.165) is 35.7 Å². The summed E-state index contributed by atoms with van der Waals surface area (Å²) >= 11 is 1.79. The standard InChI is InChI=1S/C22H30N4S/c1-5-7-12-26(6-2)21-20-19(23-13-24-21)17-15-10-8-9-11-16(15)18(14(3)4)25-22(17)27-20/h13-14H,5-12H2,1-4H3. The Bertz CT molecular complexity index is 960.